The van der Waals surface area contributed by atoms with Crippen LogP contribution in [0.1, 0.15) is 74.9 Å². The molecule has 2 aliphatic heterocycles. The van der Waals surface area contributed by atoms with E-state index in [4.69, 9.17) is 0 Å². The van der Waals surface area contributed by atoms with Crippen molar-refractivity contribution in [3.8, 4) is 0 Å². The van der Waals surface area contributed by atoms with Crippen molar-refractivity contribution >= 4 is 6.03 Å². The van der Waals surface area contributed by atoms with Gasteiger partial charge in [-0.3, -0.25) is 0 Å². The number of hydrogen-bond acceptors (Lipinski definition) is 6. The Kier molecular flexibility index (Phi) is 4.86. The van der Waals surface area contributed by atoms with Gasteiger partial charge in [-0.15, -0.1) is 10.2 Å². The summed E-state index contributed by atoms with van der Waals surface area (Å²) >= 11 is 0. The summed E-state index contributed by atoms with van der Waals surface area (Å²) in [5, 5.41) is 21.6. The molecule has 0 radical (unpaired) electrons. The zero-order valence-electron chi connectivity index (χ0n) is 20.5. The first kappa shape index (κ1) is 23.4. The number of carbonyl (C=O) groups excluding carboxylic acids is 1. The van der Waals surface area contributed by atoms with Crippen molar-refractivity contribution in [1.29, 1.82) is 0 Å². The number of aliphatic hydroxyl groups is 1. The van der Waals surface area contributed by atoms with Crippen LogP contribution in [0.25, 0.3) is 0 Å². The number of aromatic amines is 1. The van der Waals surface area contributed by atoms with E-state index in [0.29, 0.717) is 30.0 Å². The lowest BCUT2D eigenvalue weighted by atomic mass is 9.60. The van der Waals surface area contributed by atoms with E-state index in [1.165, 1.54) is 0 Å². The summed E-state index contributed by atoms with van der Waals surface area (Å²) in [4.78, 5) is 23.5. The van der Waals surface area contributed by atoms with E-state index in [1.807, 2.05) is 14.5 Å². The number of nitrogens with one attached hydrogen (secondary N) is 1. The molecule has 2 aromatic heterocycles. The number of amides is 2. The first-order valence-corrected chi connectivity index (χ1v) is 13.2. The topological polar surface area (TPSA) is 116 Å². The minimum atomic E-state index is -4.50. The SMILES string of the molecule is O=C(N1CC2(CCC(Cc3nnc(C(F)(F)F)[nH]3)CC2)C1)N1CC2(CC(n3cnc(C4(O)CC4)n3)C2)C1. The van der Waals surface area contributed by atoms with E-state index in [0.717, 1.165) is 77.5 Å². The highest BCUT2D eigenvalue weighted by Gasteiger charge is 2.57. The molecule has 3 aliphatic carbocycles. The van der Waals surface area contributed by atoms with Crippen LogP contribution in [0.15, 0.2) is 6.33 Å². The minimum absolute atomic E-state index is 0.127. The van der Waals surface area contributed by atoms with Crippen LogP contribution in [0.3, 0.4) is 0 Å². The van der Waals surface area contributed by atoms with Crippen LogP contribution in [0, 0.1) is 16.7 Å². The number of likely N-dealkylation sites (tertiary alicyclic amines) is 2. The number of nitrogens with zero attached hydrogens (tertiary/aromatic N) is 7. The monoisotopic (exact) mass is 520 g/mol. The molecule has 2 spiro atoms. The number of halogens is 3. The van der Waals surface area contributed by atoms with Crippen molar-refractivity contribution in [1.82, 2.24) is 39.7 Å². The Hall–Kier alpha value is -2.70. The Morgan fingerprint density at radius 2 is 1.68 bits per heavy atom. The smallest absolute Gasteiger partial charge is 0.382 e. The lowest BCUT2D eigenvalue weighted by Crippen LogP contribution is -2.69. The van der Waals surface area contributed by atoms with Crippen molar-refractivity contribution in [2.45, 2.75) is 75.6 Å². The fourth-order valence-electron chi connectivity index (χ4n) is 6.99. The fourth-order valence-corrected chi connectivity index (χ4v) is 6.99. The molecule has 0 aromatic carbocycles. The average molecular weight is 521 g/mol. The molecule has 5 aliphatic rings. The van der Waals surface area contributed by atoms with Gasteiger partial charge in [-0.25, -0.2) is 14.5 Å². The van der Waals surface area contributed by atoms with Gasteiger partial charge in [0.2, 0.25) is 5.82 Å². The van der Waals surface area contributed by atoms with Gasteiger partial charge in [0.05, 0.1) is 6.04 Å². The lowest BCUT2D eigenvalue weighted by Gasteiger charge is -2.61. The average Bonchev–Trinajstić information content (AvgIpc) is 3.16. The lowest BCUT2D eigenvalue weighted by molar-refractivity contribution is -0.144. The summed E-state index contributed by atoms with van der Waals surface area (Å²) in [6.45, 7) is 3.12. The number of aromatic nitrogens is 6. The molecule has 10 nitrogen and oxygen atoms in total. The van der Waals surface area contributed by atoms with Gasteiger partial charge < -0.3 is 19.9 Å². The van der Waals surface area contributed by atoms with Gasteiger partial charge in [0.1, 0.15) is 17.8 Å². The van der Waals surface area contributed by atoms with Crippen LogP contribution in [0.2, 0.25) is 0 Å². The molecule has 7 rings (SSSR count). The van der Waals surface area contributed by atoms with Crippen molar-refractivity contribution in [3.05, 3.63) is 23.8 Å². The van der Waals surface area contributed by atoms with Crippen LogP contribution >= 0.6 is 0 Å². The molecule has 200 valence electrons. The molecule has 2 amide bonds. The van der Waals surface area contributed by atoms with Crippen molar-refractivity contribution < 1.29 is 23.1 Å². The van der Waals surface area contributed by atoms with E-state index in [2.05, 4.69) is 25.3 Å². The summed E-state index contributed by atoms with van der Waals surface area (Å²) in [6.07, 6.45) is 4.98. The minimum Gasteiger partial charge on any atom is -0.382 e. The molecule has 37 heavy (non-hydrogen) atoms. The summed E-state index contributed by atoms with van der Waals surface area (Å²) in [6, 6.07) is 0.419. The van der Waals surface area contributed by atoms with Crippen LogP contribution in [-0.4, -0.2) is 77.1 Å². The molecule has 2 aromatic rings. The number of hydrogen-bond donors (Lipinski definition) is 2. The third-order valence-electron chi connectivity index (χ3n) is 9.46. The van der Waals surface area contributed by atoms with Crippen molar-refractivity contribution in [2.24, 2.45) is 16.7 Å². The molecule has 13 heteroatoms. The van der Waals surface area contributed by atoms with Gasteiger partial charge >= 0.3 is 12.2 Å². The molecule has 4 heterocycles. The Balaban J connectivity index is 0.843. The third-order valence-corrected chi connectivity index (χ3v) is 9.46. The number of carbonyl (C=O) groups is 1. The zero-order chi connectivity index (χ0) is 25.6. The summed E-state index contributed by atoms with van der Waals surface area (Å²) in [5.74, 6) is 0.0922. The number of urea groups is 1. The normalized spacial score (nSPS) is 26.2. The van der Waals surface area contributed by atoms with Crippen LogP contribution in [0.5, 0.6) is 0 Å². The fraction of sp³-hybridized carbons (Fsp3) is 0.792. The summed E-state index contributed by atoms with van der Waals surface area (Å²) in [7, 11) is 0. The standard InChI is InChI=1S/C24H31F3N8O2/c25-24(26,27)19-29-17(30-31-19)7-15-1-3-21(4-2-15)10-33(11-21)20(36)34-12-22(13-34)8-16(9-22)35-14-28-18(32-35)23(37)5-6-23/h14-16,37H,1-13H2,(H,29,30,31). The van der Waals surface area contributed by atoms with Gasteiger partial charge in [0.25, 0.3) is 0 Å². The Labute approximate surface area is 211 Å². The molecule has 0 atom stereocenters. The predicted molar refractivity (Wildman–Crippen MR) is 122 cm³/mol. The van der Waals surface area contributed by atoms with Crippen LogP contribution < -0.4 is 0 Å². The highest BCUT2D eigenvalue weighted by molar-refractivity contribution is 5.76. The van der Waals surface area contributed by atoms with E-state index in [9.17, 15) is 23.1 Å². The number of alkyl halides is 3. The summed E-state index contributed by atoms with van der Waals surface area (Å²) in [5.41, 5.74) is -0.459. The Bertz CT molecular complexity index is 1190. The predicted octanol–water partition coefficient (Wildman–Crippen LogP) is 2.89. The quantitative estimate of drug-likeness (QED) is 0.641. The second-order valence-electron chi connectivity index (χ2n) is 12.4. The van der Waals surface area contributed by atoms with Crippen molar-refractivity contribution in [2.75, 3.05) is 26.2 Å². The molecule has 2 N–H and O–H groups in total. The molecule has 0 unspecified atom stereocenters. The van der Waals surface area contributed by atoms with E-state index in [1.54, 1.807) is 6.33 Å². The third kappa shape index (κ3) is 4.00. The molecular formula is C24H31F3N8O2. The van der Waals surface area contributed by atoms with E-state index >= 15 is 0 Å². The van der Waals surface area contributed by atoms with Gasteiger partial charge in [0, 0.05) is 43.4 Å². The highest BCUT2D eigenvalue weighted by Crippen LogP contribution is 2.55. The first-order valence-electron chi connectivity index (χ1n) is 13.2. The van der Waals surface area contributed by atoms with E-state index in [-0.39, 0.29) is 16.9 Å². The second kappa shape index (κ2) is 7.67. The van der Waals surface area contributed by atoms with Gasteiger partial charge in [-0.1, -0.05) is 0 Å². The number of rotatable bonds is 4. The van der Waals surface area contributed by atoms with Gasteiger partial charge in [0.15, 0.2) is 5.82 Å². The van der Waals surface area contributed by atoms with Gasteiger partial charge in [-0.05, 0) is 57.3 Å². The maximum absolute atomic E-state index is 13.0. The van der Waals surface area contributed by atoms with E-state index < -0.39 is 17.6 Å². The maximum Gasteiger partial charge on any atom is 0.451 e. The second-order valence-corrected chi connectivity index (χ2v) is 12.4. The van der Waals surface area contributed by atoms with Gasteiger partial charge in [-0.2, -0.15) is 18.3 Å². The summed E-state index contributed by atoms with van der Waals surface area (Å²) < 4.78 is 40.1. The maximum atomic E-state index is 13.0. The first-order chi connectivity index (χ1) is 17.5. The molecule has 0 bridgehead atoms. The molecule has 2 saturated heterocycles. The van der Waals surface area contributed by atoms with Crippen LogP contribution in [0.4, 0.5) is 18.0 Å². The largest absolute Gasteiger partial charge is 0.451 e. The van der Waals surface area contributed by atoms with Crippen molar-refractivity contribution in [3.63, 3.8) is 0 Å². The van der Waals surface area contributed by atoms with Crippen LogP contribution in [-0.2, 0) is 18.2 Å². The number of H-pyrrole nitrogens is 1. The Morgan fingerprint density at radius 1 is 1.03 bits per heavy atom. The molecule has 5 fully saturated rings. The molecule has 3 saturated carbocycles. The zero-order valence-corrected chi connectivity index (χ0v) is 20.5. The highest BCUT2D eigenvalue weighted by atomic mass is 19.4. The Morgan fingerprint density at radius 3 is 2.27 bits per heavy atom. The molecular weight excluding hydrogens is 489 g/mol.